The number of amides is 1. The van der Waals surface area contributed by atoms with Crippen LogP contribution in [0.15, 0.2) is 35.4 Å². The van der Waals surface area contributed by atoms with E-state index in [1.807, 2.05) is 0 Å². The van der Waals surface area contributed by atoms with Crippen molar-refractivity contribution in [2.24, 2.45) is 0 Å². The molecule has 1 aromatic carbocycles. The zero-order valence-corrected chi connectivity index (χ0v) is 9.99. The first kappa shape index (κ1) is 12.3. The highest BCUT2D eigenvalue weighted by atomic mass is 16.4. The molecule has 1 aromatic rings. The van der Waals surface area contributed by atoms with Crippen LogP contribution in [0.25, 0.3) is 0 Å². The van der Waals surface area contributed by atoms with Gasteiger partial charge in [0.25, 0.3) is 5.91 Å². The minimum Gasteiger partial charge on any atom is -0.478 e. The smallest absolute Gasteiger partial charge is 0.335 e. The summed E-state index contributed by atoms with van der Waals surface area (Å²) in [5.41, 5.74) is 2.62. The summed E-state index contributed by atoms with van der Waals surface area (Å²) in [6.45, 7) is 3.31. The number of carbonyl (C=O) groups excluding carboxylic acids is 1. The highest BCUT2D eigenvalue weighted by Gasteiger charge is 2.16. The van der Waals surface area contributed by atoms with Crippen molar-refractivity contribution < 1.29 is 14.7 Å². The van der Waals surface area contributed by atoms with Gasteiger partial charge in [0.15, 0.2) is 0 Å². The third kappa shape index (κ3) is 2.57. The molecular formula is C13H14N2O3. The second kappa shape index (κ2) is 5.01. The highest BCUT2D eigenvalue weighted by molar-refractivity contribution is 6.04. The number of hydrogen-bond donors (Lipinski definition) is 3. The molecule has 3 N–H and O–H groups in total. The van der Waals surface area contributed by atoms with Crippen molar-refractivity contribution in [1.82, 2.24) is 5.32 Å². The van der Waals surface area contributed by atoms with Crippen LogP contribution in [0.4, 0.5) is 5.69 Å². The Morgan fingerprint density at radius 1 is 1.22 bits per heavy atom. The Morgan fingerprint density at radius 2 is 1.83 bits per heavy atom. The molecule has 0 aliphatic carbocycles. The van der Waals surface area contributed by atoms with Gasteiger partial charge in [0.2, 0.25) is 0 Å². The minimum absolute atomic E-state index is 0.144. The molecule has 0 saturated carbocycles. The fourth-order valence-corrected chi connectivity index (χ4v) is 1.60. The summed E-state index contributed by atoms with van der Waals surface area (Å²) < 4.78 is 0. The molecule has 0 radical (unpaired) electrons. The summed E-state index contributed by atoms with van der Waals surface area (Å²) in [7, 11) is 0. The first-order valence-electron chi connectivity index (χ1n) is 5.62. The molecule has 2 rings (SSSR count). The standard InChI is InChI=1S/C13H14N2O3/c1-8(10-6-14-7-10)12(16)15-11-4-2-9(3-5-11)13(17)18/h2-5,14H,6-7H2,1H3,(H,15,16)(H,17,18). The van der Waals surface area contributed by atoms with Crippen LogP contribution in [-0.4, -0.2) is 30.1 Å². The Bertz CT molecular complexity index is 512. The number of benzene rings is 1. The Morgan fingerprint density at radius 3 is 2.28 bits per heavy atom. The largest absolute Gasteiger partial charge is 0.478 e. The molecule has 0 spiro atoms. The third-order valence-corrected chi connectivity index (χ3v) is 2.94. The summed E-state index contributed by atoms with van der Waals surface area (Å²) in [6.07, 6.45) is 0. The van der Waals surface area contributed by atoms with Gasteiger partial charge in [-0.3, -0.25) is 4.79 Å². The van der Waals surface area contributed by atoms with Gasteiger partial charge >= 0.3 is 5.97 Å². The van der Waals surface area contributed by atoms with Crippen LogP contribution in [0.5, 0.6) is 0 Å². The lowest BCUT2D eigenvalue weighted by atomic mass is 10.0. The molecule has 1 amide bonds. The number of aromatic carboxylic acids is 1. The van der Waals surface area contributed by atoms with E-state index in [0.717, 1.165) is 24.2 Å². The lowest BCUT2D eigenvalue weighted by Gasteiger charge is -2.21. The zero-order valence-electron chi connectivity index (χ0n) is 9.99. The van der Waals surface area contributed by atoms with E-state index >= 15 is 0 Å². The Hall–Kier alpha value is -2.14. The SMILES string of the molecule is CC(C(=O)Nc1ccc(C(=O)O)cc1)=C1CNC1. The number of carboxylic acid groups (broad SMARTS) is 1. The Balaban J connectivity index is 2.05. The summed E-state index contributed by atoms with van der Waals surface area (Å²) in [5.74, 6) is -1.12. The van der Waals surface area contributed by atoms with E-state index in [1.165, 1.54) is 12.1 Å². The van der Waals surface area contributed by atoms with Crippen molar-refractivity contribution in [1.29, 1.82) is 0 Å². The van der Waals surface area contributed by atoms with Gasteiger partial charge in [-0.15, -0.1) is 0 Å². The first-order valence-corrected chi connectivity index (χ1v) is 5.62. The average Bonchev–Trinajstić information content (AvgIpc) is 2.27. The van der Waals surface area contributed by atoms with E-state index < -0.39 is 5.97 Å². The predicted octanol–water partition coefficient (Wildman–Crippen LogP) is 1.24. The maximum Gasteiger partial charge on any atom is 0.335 e. The second-order valence-electron chi connectivity index (χ2n) is 4.17. The van der Waals surface area contributed by atoms with Gasteiger partial charge in [0, 0.05) is 24.4 Å². The molecule has 18 heavy (non-hydrogen) atoms. The lowest BCUT2D eigenvalue weighted by Crippen LogP contribution is -2.36. The van der Waals surface area contributed by atoms with Crippen LogP contribution < -0.4 is 10.6 Å². The van der Waals surface area contributed by atoms with Crippen molar-refractivity contribution in [2.75, 3.05) is 18.4 Å². The lowest BCUT2D eigenvalue weighted by molar-refractivity contribution is -0.112. The van der Waals surface area contributed by atoms with Gasteiger partial charge in [-0.25, -0.2) is 4.79 Å². The van der Waals surface area contributed by atoms with Crippen LogP contribution in [0.1, 0.15) is 17.3 Å². The van der Waals surface area contributed by atoms with Crippen LogP contribution in [-0.2, 0) is 4.79 Å². The van der Waals surface area contributed by atoms with Crippen molar-refractivity contribution in [3.8, 4) is 0 Å². The van der Waals surface area contributed by atoms with E-state index in [4.69, 9.17) is 5.11 Å². The molecule has 1 saturated heterocycles. The fourth-order valence-electron chi connectivity index (χ4n) is 1.60. The average molecular weight is 246 g/mol. The highest BCUT2D eigenvalue weighted by Crippen LogP contribution is 2.14. The van der Waals surface area contributed by atoms with E-state index in [-0.39, 0.29) is 11.5 Å². The number of nitrogens with one attached hydrogen (secondary N) is 2. The molecule has 0 bridgehead atoms. The van der Waals surface area contributed by atoms with Crippen molar-refractivity contribution in [2.45, 2.75) is 6.92 Å². The molecule has 94 valence electrons. The molecular weight excluding hydrogens is 232 g/mol. The molecule has 0 unspecified atom stereocenters. The van der Waals surface area contributed by atoms with Crippen LogP contribution in [0.2, 0.25) is 0 Å². The van der Waals surface area contributed by atoms with Crippen molar-refractivity contribution >= 4 is 17.6 Å². The molecule has 1 fully saturated rings. The molecule has 0 atom stereocenters. The monoisotopic (exact) mass is 246 g/mol. The number of anilines is 1. The van der Waals surface area contributed by atoms with Gasteiger partial charge in [-0.05, 0) is 36.8 Å². The third-order valence-electron chi connectivity index (χ3n) is 2.94. The maximum atomic E-state index is 11.9. The molecule has 1 aliphatic rings. The number of hydrogen-bond acceptors (Lipinski definition) is 3. The summed E-state index contributed by atoms with van der Waals surface area (Å²) >= 11 is 0. The molecule has 5 nitrogen and oxygen atoms in total. The number of carbonyl (C=O) groups is 2. The van der Waals surface area contributed by atoms with Crippen molar-refractivity contribution in [3.63, 3.8) is 0 Å². The van der Waals surface area contributed by atoms with Crippen molar-refractivity contribution in [3.05, 3.63) is 41.0 Å². The van der Waals surface area contributed by atoms with E-state index in [9.17, 15) is 9.59 Å². The molecule has 1 heterocycles. The number of carboxylic acids is 1. The zero-order chi connectivity index (χ0) is 13.1. The van der Waals surface area contributed by atoms with Gasteiger partial charge in [-0.1, -0.05) is 0 Å². The van der Waals surface area contributed by atoms with Gasteiger partial charge in [-0.2, -0.15) is 0 Å². The first-order chi connectivity index (χ1) is 8.58. The normalized spacial score (nSPS) is 13.7. The summed E-state index contributed by atoms with van der Waals surface area (Å²) in [5, 5.41) is 14.6. The van der Waals surface area contributed by atoms with Gasteiger partial charge in [0.05, 0.1) is 5.56 Å². The quantitative estimate of drug-likeness (QED) is 0.701. The van der Waals surface area contributed by atoms with Crippen LogP contribution in [0.3, 0.4) is 0 Å². The maximum absolute atomic E-state index is 11.9. The minimum atomic E-state index is -0.980. The topological polar surface area (TPSA) is 78.4 Å². The van der Waals surface area contributed by atoms with Gasteiger partial charge < -0.3 is 15.7 Å². The fraction of sp³-hybridized carbons (Fsp3) is 0.231. The number of rotatable bonds is 3. The Kier molecular flexibility index (Phi) is 3.43. The molecule has 1 aliphatic heterocycles. The molecule has 5 heteroatoms. The van der Waals surface area contributed by atoms with Crippen LogP contribution in [0, 0.1) is 0 Å². The van der Waals surface area contributed by atoms with Gasteiger partial charge in [0.1, 0.15) is 0 Å². The Labute approximate surface area is 105 Å². The van der Waals surface area contributed by atoms with E-state index in [0.29, 0.717) is 5.69 Å². The molecule has 0 aromatic heterocycles. The predicted molar refractivity (Wildman–Crippen MR) is 67.6 cm³/mol. The summed E-state index contributed by atoms with van der Waals surface area (Å²) in [6, 6.07) is 6.09. The van der Waals surface area contributed by atoms with E-state index in [2.05, 4.69) is 10.6 Å². The van der Waals surface area contributed by atoms with Crippen LogP contribution >= 0.6 is 0 Å². The summed E-state index contributed by atoms with van der Waals surface area (Å²) in [4.78, 5) is 22.5. The van der Waals surface area contributed by atoms with E-state index in [1.54, 1.807) is 19.1 Å². The second-order valence-corrected chi connectivity index (χ2v) is 4.17.